The Bertz CT molecular complexity index is 978. The molecular weight excluding hydrogens is 380 g/mol. The minimum atomic E-state index is -3.65. The van der Waals surface area contributed by atoms with Crippen LogP contribution in [-0.2, 0) is 10.0 Å². The van der Waals surface area contributed by atoms with Crippen molar-refractivity contribution in [1.82, 2.24) is 13.1 Å². The van der Waals surface area contributed by atoms with Gasteiger partial charge in [-0.05, 0) is 17.7 Å². The molecule has 1 aliphatic heterocycles. The van der Waals surface area contributed by atoms with Gasteiger partial charge in [-0.2, -0.15) is 13.1 Å². The largest absolute Gasteiger partial charge is 0.326 e. The standard InChI is InChI=1S/C16H16N4O2S2.ClH/c17-13-10-20(9-12(13)11-5-2-1-3-6-11)24(21,22)15-8-4-7-14-16(15)19-23-18-14;/h1-8,12-13H,9-10,17H2;1H/t12-,13+;/m0./s1. The third-order valence-corrected chi connectivity index (χ3v) is 6.83. The zero-order valence-corrected chi connectivity index (χ0v) is 15.6. The van der Waals surface area contributed by atoms with Crippen LogP contribution in [0.3, 0.4) is 0 Å². The average molecular weight is 397 g/mol. The third-order valence-electron chi connectivity index (χ3n) is 4.43. The van der Waals surface area contributed by atoms with Gasteiger partial charge in [-0.3, -0.25) is 0 Å². The highest BCUT2D eigenvalue weighted by Gasteiger charge is 2.39. The van der Waals surface area contributed by atoms with Crippen LogP contribution in [0.5, 0.6) is 0 Å². The van der Waals surface area contributed by atoms with Gasteiger partial charge in [0.1, 0.15) is 15.9 Å². The predicted molar refractivity (Wildman–Crippen MR) is 101 cm³/mol. The van der Waals surface area contributed by atoms with Crippen LogP contribution < -0.4 is 5.73 Å². The number of hydrogen-bond acceptors (Lipinski definition) is 6. The van der Waals surface area contributed by atoms with Crippen molar-refractivity contribution in [2.45, 2.75) is 16.9 Å². The summed E-state index contributed by atoms with van der Waals surface area (Å²) in [5.74, 6) is -0.00580. The van der Waals surface area contributed by atoms with E-state index in [0.717, 1.165) is 17.3 Å². The SMILES string of the molecule is Cl.N[C@@H]1CN(S(=O)(=O)c2cccc3nsnc23)C[C@H]1c1ccccc1. The van der Waals surface area contributed by atoms with Crippen molar-refractivity contribution in [3.63, 3.8) is 0 Å². The van der Waals surface area contributed by atoms with Crippen molar-refractivity contribution in [2.75, 3.05) is 13.1 Å². The van der Waals surface area contributed by atoms with Gasteiger partial charge in [-0.15, -0.1) is 12.4 Å². The summed E-state index contributed by atoms with van der Waals surface area (Å²) in [6.07, 6.45) is 0. The van der Waals surface area contributed by atoms with Gasteiger partial charge in [0.25, 0.3) is 0 Å². The second kappa shape index (κ2) is 6.97. The quantitative estimate of drug-likeness (QED) is 0.733. The number of nitrogens with two attached hydrogens (primary N) is 1. The molecule has 0 bridgehead atoms. The van der Waals surface area contributed by atoms with Gasteiger partial charge in [0, 0.05) is 25.0 Å². The highest BCUT2D eigenvalue weighted by Crippen LogP contribution is 2.32. The van der Waals surface area contributed by atoms with E-state index in [4.69, 9.17) is 5.73 Å². The number of rotatable bonds is 3. The number of benzene rings is 2. The first-order valence-electron chi connectivity index (χ1n) is 7.59. The Morgan fingerprint density at radius 3 is 2.56 bits per heavy atom. The summed E-state index contributed by atoms with van der Waals surface area (Å²) < 4.78 is 35.9. The van der Waals surface area contributed by atoms with Crippen LogP contribution in [0.1, 0.15) is 11.5 Å². The number of aromatic nitrogens is 2. The van der Waals surface area contributed by atoms with E-state index in [0.29, 0.717) is 24.1 Å². The van der Waals surface area contributed by atoms with E-state index in [1.54, 1.807) is 18.2 Å². The smallest absolute Gasteiger partial charge is 0.245 e. The van der Waals surface area contributed by atoms with Crippen LogP contribution in [0.25, 0.3) is 11.0 Å². The molecule has 0 radical (unpaired) electrons. The fourth-order valence-corrected chi connectivity index (χ4v) is 5.43. The van der Waals surface area contributed by atoms with Crippen molar-refractivity contribution in [2.24, 2.45) is 5.73 Å². The van der Waals surface area contributed by atoms with Crippen molar-refractivity contribution in [3.8, 4) is 0 Å². The molecule has 9 heteroatoms. The fourth-order valence-electron chi connectivity index (χ4n) is 3.17. The lowest BCUT2D eigenvalue weighted by Crippen LogP contribution is -2.32. The fraction of sp³-hybridized carbons (Fsp3) is 0.250. The predicted octanol–water partition coefficient (Wildman–Crippen LogP) is 2.23. The van der Waals surface area contributed by atoms with Crippen LogP contribution in [-0.4, -0.2) is 40.6 Å². The Morgan fingerprint density at radius 2 is 1.80 bits per heavy atom. The van der Waals surface area contributed by atoms with E-state index in [-0.39, 0.29) is 29.3 Å². The van der Waals surface area contributed by atoms with Crippen LogP contribution in [0.4, 0.5) is 0 Å². The third kappa shape index (κ3) is 3.16. The van der Waals surface area contributed by atoms with Gasteiger partial charge >= 0.3 is 0 Å². The van der Waals surface area contributed by atoms with E-state index in [2.05, 4.69) is 8.75 Å². The van der Waals surface area contributed by atoms with E-state index < -0.39 is 10.0 Å². The Balaban J connectivity index is 0.00000182. The zero-order valence-electron chi connectivity index (χ0n) is 13.1. The summed E-state index contributed by atoms with van der Waals surface area (Å²) in [5, 5.41) is 0. The van der Waals surface area contributed by atoms with Gasteiger partial charge < -0.3 is 5.73 Å². The summed E-state index contributed by atoms with van der Waals surface area (Å²) in [6.45, 7) is 0.678. The molecule has 0 amide bonds. The molecule has 2 aromatic carbocycles. The topological polar surface area (TPSA) is 89.2 Å². The van der Waals surface area contributed by atoms with Crippen LogP contribution in [0.15, 0.2) is 53.4 Å². The molecule has 1 aliphatic rings. The molecule has 2 heterocycles. The lowest BCUT2D eigenvalue weighted by atomic mass is 9.95. The van der Waals surface area contributed by atoms with Crippen LogP contribution in [0, 0.1) is 0 Å². The number of halogens is 1. The van der Waals surface area contributed by atoms with E-state index in [9.17, 15) is 8.42 Å². The average Bonchev–Trinajstić information content (AvgIpc) is 3.21. The number of fused-ring (bicyclic) bond motifs is 1. The molecular formula is C16H17ClN4O2S2. The summed E-state index contributed by atoms with van der Waals surface area (Å²) in [7, 11) is -3.65. The lowest BCUT2D eigenvalue weighted by molar-refractivity contribution is 0.471. The van der Waals surface area contributed by atoms with Crippen LogP contribution in [0.2, 0.25) is 0 Å². The maximum Gasteiger partial charge on any atom is 0.245 e. The van der Waals surface area contributed by atoms with Gasteiger partial charge in [0.15, 0.2) is 0 Å². The minimum absolute atomic E-state index is 0. The van der Waals surface area contributed by atoms with Gasteiger partial charge in [-0.25, -0.2) is 8.42 Å². The molecule has 2 N–H and O–H groups in total. The first kappa shape index (κ1) is 18.2. The van der Waals surface area contributed by atoms with E-state index >= 15 is 0 Å². The zero-order chi connectivity index (χ0) is 16.7. The molecule has 4 rings (SSSR count). The molecule has 1 saturated heterocycles. The molecule has 0 spiro atoms. The van der Waals surface area contributed by atoms with Gasteiger partial charge in [-0.1, -0.05) is 36.4 Å². The molecule has 0 unspecified atom stereocenters. The molecule has 0 saturated carbocycles. The van der Waals surface area contributed by atoms with Crippen molar-refractivity contribution in [1.29, 1.82) is 0 Å². The Hall–Kier alpha value is -1.58. The molecule has 3 aromatic rings. The number of nitrogens with zero attached hydrogens (tertiary/aromatic N) is 3. The highest BCUT2D eigenvalue weighted by atomic mass is 35.5. The summed E-state index contributed by atoms with van der Waals surface area (Å²) in [4.78, 5) is 0.203. The molecule has 0 aliphatic carbocycles. The number of hydrogen-bond donors (Lipinski definition) is 1. The molecule has 132 valence electrons. The second-order valence-corrected chi connectivity index (χ2v) is 8.33. The first-order valence-corrected chi connectivity index (χ1v) is 9.76. The Labute approximate surface area is 156 Å². The van der Waals surface area contributed by atoms with Crippen molar-refractivity contribution >= 4 is 45.2 Å². The van der Waals surface area contributed by atoms with Crippen molar-refractivity contribution < 1.29 is 8.42 Å². The highest BCUT2D eigenvalue weighted by molar-refractivity contribution is 7.89. The van der Waals surface area contributed by atoms with E-state index in [1.165, 1.54) is 4.31 Å². The van der Waals surface area contributed by atoms with Gasteiger partial charge in [0.2, 0.25) is 10.0 Å². The molecule has 1 fully saturated rings. The summed E-state index contributed by atoms with van der Waals surface area (Å²) in [6, 6.07) is 14.6. The lowest BCUT2D eigenvalue weighted by Gasteiger charge is -2.16. The molecule has 25 heavy (non-hydrogen) atoms. The van der Waals surface area contributed by atoms with Crippen LogP contribution >= 0.6 is 24.1 Å². The minimum Gasteiger partial charge on any atom is -0.326 e. The van der Waals surface area contributed by atoms with Gasteiger partial charge in [0.05, 0.1) is 11.7 Å². The molecule has 2 atom stereocenters. The van der Waals surface area contributed by atoms with Crippen molar-refractivity contribution in [3.05, 3.63) is 54.1 Å². The second-order valence-electron chi connectivity index (χ2n) is 5.89. The number of sulfonamides is 1. The van der Waals surface area contributed by atoms with E-state index in [1.807, 2.05) is 30.3 Å². The maximum absolute atomic E-state index is 13.1. The summed E-state index contributed by atoms with van der Waals surface area (Å²) in [5.41, 5.74) is 8.33. The summed E-state index contributed by atoms with van der Waals surface area (Å²) >= 11 is 1.02. The Morgan fingerprint density at radius 1 is 1.04 bits per heavy atom. The monoisotopic (exact) mass is 396 g/mol. The molecule has 1 aromatic heterocycles. The maximum atomic E-state index is 13.1. The molecule has 6 nitrogen and oxygen atoms in total. The first-order chi connectivity index (χ1) is 11.6. The normalized spacial score (nSPS) is 21.3. The Kier molecular flexibility index (Phi) is 5.08.